The van der Waals surface area contributed by atoms with Crippen LogP contribution in [0, 0.1) is 18.6 Å². The summed E-state index contributed by atoms with van der Waals surface area (Å²) in [6, 6.07) is 5.55. The molecule has 1 unspecified atom stereocenters. The number of anilines is 3. The fraction of sp³-hybridized carbons (Fsp3) is 0.350. The number of rotatable bonds is 8. The monoisotopic (exact) mass is 453 g/mol. The van der Waals surface area contributed by atoms with Crippen LogP contribution in [-0.2, 0) is 10.0 Å². The lowest BCUT2D eigenvalue weighted by molar-refractivity contribution is 0.0858. The van der Waals surface area contributed by atoms with Crippen molar-refractivity contribution in [1.29, 1.82) is 0 Å². The van der Waals surface area contributed by atoms with Crippen LogP contribution in [-0.4, -0.2) is 41.1 Å². The van der Waals surface area contributed by atoms with Gasteiger partial charge in [-0.2, -0.15) is 0 Å². The summed E-state index contributed by atoms with van der Waals surface area (Å²) in [7, 11) is -4.09. The topological polar surface area (TPSA) is 125 Å². The van der Waals surface area contributed by atoms with E-state index in [2.05, 4.69) is 15.0 Å². The molecule has 1 heterocycles. The van der Waals surface area contributed by atoms with Crippen LogP contribution in [0.15, 0.2) is 35.1 Å². The fourth-order valence-corrected chi connectivity index (χ4v) is 5.21. The van der Waals surface area contributed by atoms with Crippen molar-refractivity contribution < 1.29 is 31.8 Å². The number of sulfonamides is 1. The van der Waals surface area contributed by atoms with Crippen molar-refractivity contribution >= 4 is 38.2 Å². The van der Waals surface area contributed by atoms with Gasteiger partial charge in [-0.15, -0.1) is 0 Å². The molecule has 31 heavy (non-hydrogen) atoms. The second kappa shape index (κ2) is 7.74. The molecular weight excluding hydrogens is 432 g/mol. The van der Waals surface area contributed by atoms with Gasteiger partial charge in [-0.3, -0.25) is 4.72 Å². The van der Waals surface area contributed by atoms with Crippen LogP contribution < -0.4 is 10.0 Å². The molecule has 4 N–H and O–H groups in total. The van der Waals surface area contributed by atoms with Gasteiger partial charge in [0.2, 0.25) is 10.0 Å². The van der Waals surface area contributed by atoms with Gasteiger partial charge >= 0.3 is 0 Å². The van der Waals surface area contributed by atoms with E-state index in [1.54, 1.807) is 13.0 Å². The van der Waals surface area contributed by atoms with Gasteiger partial charge in [0.05, 0.1) is 28.8 Å². The summed E-state index contributed by atoms with van der Waals surface area (Å²) in [4.78, 5) is 3.79. The van der Waals surface area contributed by atoms with Gasteiger partial charge < -0.3 is 19.9 Å². The number of hydrogen-bond donors (Lipinski definition) is 4. The van der Waals surface area contributed by atoms with Gasteiger partial charge in [0.15, 0.2) is 17.8 Å². The van der Waals surface area contributed by atoms with Crippen LogP contribution in [0.1, 0.15) is 24.8 Å². The summed E-state index contributed by atoms with van der Waals surface area (Å²) in [5.74, 6) is -1.55. The number of aryl methyl sites for hydroxylation is 1. The largest absolute Gasteiger partial charge is 0.443 e. The first kappa shape index (κ1) is 21.5. The van der Waals surface area contributed by atoms with E-state index in [9.17, 15) is 17.9 Å². The highest BCUT2D eigenvalue weighted by atomic mass is 32.2. The maximum atomic E-state index is 15.2. The minimum atomic E-state index is -4.09. The minimum Gasteiger partial charge on any atom is -0.443 e. The van der Waals surface area contributed by atoms with Crippen molar-refractivity contribution in [3.05, 3.63) is 47.9 Å². The number of aromatic nitrogens is 1. The molecule has 1 aliphatic carbocycles. The Balaban J connectivity index is 1.76. The number of hydrogen-bond acceptors (Lipinski definition) is 7. The predicted molar refractivity (Wildman–Crippen MR) is 111 cm³/mol. The van der Waals surface area contributed by atoms with Crippen LogP contribution in [0.2, 0.25) is 0 Å². The maximum absolute atomic E-state index is 15.2. The number of halogens is 2. The lowest BCUT2D eigenvalue weighted by atomic mass is 10.2. The third kappa shape index (κ3) is 3.95. The number of aliphatic hydroxyl groups is 2. The molecule has 1 aliphatic rings. The van der Waals surface area contributed by atoms with E-state index >= 15 is 4.39 Å². The zero-order valence-electron chi connectivity index (χ0n) is 16.5. The molecular formula is C20H21F2N3O5S. The average molecular weight is 453 g/mol. The third-order valence-electron chi connectivity index (χ3n) is 5.39. The lowest BCUT2D eigenvalue weighted by Crippen LogP contribution is -2.34. The van der Waals surface area contributed by atoms with Crippen molar-refractivity contribution in [2.75, 3.05) is 16.6 Å². The molecule has 2 aromatic carbocycles. The first-order chi connectivity index (χ1) is 14.7. The zero-order chi connectivity index (χ0) is 22.4. The second-order valence-electron chi connectivity index (χ2n) is 7.75. The molecule has 166 valence electrons. The molecule has 0 saturated heterocycles. The number of nitrogens with one attached hydrogen (secondary N) is 2. The van der Waals surface area contributed by atoms with Crippen LogP contribution in [0.25, 0.3) is 11.1 Å². The summed E-state index contributed by atoms with van der Waals surface area (Å²) in [5.41, 5.74) is -0.0305. The smallest absolute Gasteiger partial charge is 0.238 e. The summed E-state index contributed by atoms with van der Waals surface area (Å²) in [5, 5.41) is 21.4. The van der Waals surface area contributed by atoms with E-state index in [1.165, 1.54) is 18.2 Å². The molecule has 4 rings (SSSR count). The predicted octanol–water partition coefficient (Wildman–Crippen LogP) is 3.18. The van der Waals surface area contributed by atoms with E-state index in [0.29, 0.717) is 5.56 Å². The molecule has 0 spiro atoms. The highest BCUT2D eigenvalue weighted by Gasteiger charge is 2.55. The number of oxazole rings is 1. The summed E-state index contributed by atoms with van der Waals surface area (Å²) < 4.78 is 61.9. The van der Waals surface area contributed by atoms with Crippen LogP contribution in [0.3, 0.4) is 0 Å². The van der Waals surface area contributed by atoms with Gasteiger partial charge in [0.1, 0.15) is 17.0 Å². The number of nitrogens with zero attached hydrogens (tertiary/aromatic N) is 1. The van der Waals surface area contributed by atoms with Gasteiger partial charge in [0.25, 0.3) is 0 Å². The van der Waals surface area contributed by atoms with Crippen molar-refractivity contribution in [1.82, 2.24) is 4.98 Å². The second-order valence-corrected chi connectivity index (χ2v) is 9.83. The Morgan fingerprint density at radius 2 is 2.00 bits per heavy atom. The molecule has 1 atom stereocenters. The molecule has 3 aromatic rings. The van der Waals surface area contributed by atoms with Crippen molar-refractivity contribution in [2.24, 2.45) is 0 Å². The SMILES string of the molecule is Cc1ccc(Nc2c(NS(=O)(=O)C3(CC(O)CO)CC3)cc3ocnc3c2F)c(F)c1. The highest BCUT2D eigenvalue weighted by molar-refractivity contribution is 7.94. The molecule has 8 nitrogen and oxygen atoms in total. The Kier molecular flexibility index (Phi) is 5.36. The standard InChI is InChI=1S/C20H21F2N3O5S/c1-11-2-3-14(13(21)6-11)24-18-15(7-16-19(17(18)22)23-10-30-16)25-31(28,29)20(4-5-20)8-12(27)9-26/h2-3,6-7,10,12,24-27H,4-5,8-9H2,1H3. The number of aliphatic hydroxyl groups excluding tert-OH is 2. The summed E-state index contributed by atoms with van der Waals surface area (Å²) >= 11 is 0. The van der Waals surface area contributed by atoms with Crippen LogP contribution >= 0.6 is 0 Å². The van der Waals surface area contributed by atoms with Gasteiger partial charge in [-0.25, -0.2) is 22.2 Å². The van der Waals surface area contributed by atoms with Gasteiger partial charge in [-0.1, -0.05) is 6.07 Å². The Labute approximate surface area is 177 Å². The van der Waals surface area contributed by atoms with Crippen LogP contribution in [0.5, 0.6) is 0 Å². The Morgan fingerprint density at radius 3 is 2.65 bits per heavy atom. The summed E-state index contributed by atoms with van der Waals surface area (Å²) in [6.45, 7) is 1.12. The van der Waals surface area contributed by atoms with Crippen molar-refractivity contribution in [3.63, 3.8) is 0 Å². The fourth-order valence-electron chi connectivity index (χ4n) is 3.49. The van der Waals surface area contributed by atoms with E-state index in [-0.39, 0.29) is 47.4 Å². The highest BCUT2D eigenvalue weighted by Crippen LogP contribution is 2.48. The van der Waals surface area contributed by atoms with E-state index < -0.39 is 39.1 Å². The Hall–Kier alpha value is -2.76. The first-order valence-electron chi connectivity index (χ1n) is 9.56. The molecule has 0 radical (unpaired) electrons. The van der Waals surface area contributed by atoms with E-state index in [0.717, 1.165) is 6.39 Å². The normalized spacial score (nSPS) is 16.3. The first-order valence-corrected chi connectivity index (χ1v) is 11.0. The maximum Gasteiger partial charge on any atom is 0.238 e. The average Bonchev–Trinajstić information content (AvgIpc) is 3.35. The molecule has 1 aromatic heterocycles. The zero-order valence-corrected chi connectivity index (χ0v) is 17.3. The van der Waals surface area contributed by atoms with E-state index in [1.807, 2.05) is 0 Å². The Bertz CT molecular complexity index is 1240. The van der Waals surface area contributed by atoms with Crippen molar-refractivity contribution in [2.45, 2.75) is 37.0 Å². The van der Waals surface area contributed by atoms with Gasteiger partial charge in [0, 0.05) is 6.07 Å². The summed E-state index contributed by atoms with van der Waals surface area (Å²) in [6.07, 6.45) is 0.208. The minimum absolute atomic E-state index is 0.00497. The number of fused-ring (bicyclic) bond motifs is 1. The lowest BCUT2D eigenvalue weighted by Gasteiger charge is -2.22. The molecule has 11 heteroatoms. The Morgan fingerprint density at radius 1 is 1.26 bits per heavy atom. The molecule has 0 amide bonds. The third-order valence-corrected chi connectivity index (χ3v) is 7.60. The molecule has 0 aliphatic heterocycles. The molecule has 0 bridgehead atoms. The van der Waals surface area contributed by atoms with Gasteiger partial charge in [-0.05, 0) is 43.9 Å². The van der Waals surface area contributed by atoms with E-state index in [4.69, 9.17) is 9.52 Å². The quantitative estimate of drug-likeness (QED) is 0.413. The van der Waals surface area contributed by atoms with Crippen LogP contribution in [0.4, 0.5) is 25.8 Å². The van der Waals surface area contributed by atoms with Crippen molar-refractivity contribution in [3.8, 4) is 0 Å². The molecule has 1 saturated carbocycles. The molecule has 1 fully saturated rings. The number of benzene rings is 2.